The quantitative estimate of drug-likeness (QED) is 0.425. The summed E-state index contributed by atoms with van der Waals surface area (Å²) in [7, 11) is 0. The van der Waals surface area contributed by atoms with E-state index < -0.39 is 6.03 Å². The third-order valence-corrected chi connectivity index (χ3v) is 5.09. The molecule has 0 atom stereocenters. The van der Waals surface area contributed by atoms with E-state index in [1.54, 1.807) is 35.3 Å². The van der Waals surface area contributed by atoms with Gasteiger partial charge in [-0.15, -0.1) is 10.2 Å². The Labute approximate surface area is 178 Å². The standard InChI is InChI=1S/C17H11Cl2N7O2S/c18-9-5-12(14(27)13(19)6-9)15-24-25-17(29-15)23-16(28)22-10-1-3-11(4-2-10)26-8-20-7-21-26/h1-8,27H,(H2,22,23,25,28). The smallest absolute Gasteiger partial charge is 0.325 e. The summed E-state index contributed by atoms with van der Waals surface area (Å²) >= 11 is 13.0. The maximum atomic E-state index is 12.2. The summed E-state index contributed by atoms with van der Waals surface area (Å²) in [4.78, 5) is 16.1. The summed E-state index contributed by atoms with van der Waals surface area (Å²) in [5.41, 5.74) is 1.72. The molecule has 3 N–H and O–H groups in total. The van der Waals surface area contributed by atoms with Crippen molar-refractivity contribution in [1.29, 1.82) is 0 Å². The Bertz CT molecular complexity index is 1160. The molecule has 0 saturated carbocycles. The van der Waals surface area contributed by atoms with Crippen molar-refractivity contribution < 1.29 is 9.90 Å². The molecule has 9 nitrogen and oxygen atoms in total. The topological polar surface area (TPSA) is 118 Å². The lowest BCUT2D eigenvalue weighted by molar-refractivity contribution is 0.262. The minimum atomic E-state index is -0.491. The number of halogens is 2. The number of nitrogens with one attached hydrogen (secondary N) is 2. The number of urea groups is 1. The van der Waals surface area contributed by atoms with Crippen LogP contribution in [0.25, 0.3) is 16.3 Å². The Balaban J connectivity index is 1.43. The number of rotatable bonds is 4. The molecule has 0 radical (unpaired) electrons. The van der Waals surface area contributed by atoms with E-state index in [2.05, 4.69) is 30.9 Å². The molecule has 4 rings (SSSR count). The van der Waals surface area contributed by atoms with E-state index in [1.807, 2.05) is 0 Å². The molecule has 0 aliphatic heterocycles. The minimum absolute atomic E-state index is 0.101. The highest BCUT2D eigenvalue weighted by Crippen LogP contribution is 2.39. The first-order valence-corrected chi connectivity index (χ1v) is 9.62. The number of phenols is 1. The van der Waals surface area contributed by atoms with Gasteiger partial charge in [-0.05, 0) is 36.4 Å². The summed E-state index contributed by atoms with van der Waals surface area (Å²) in [6, 6.07) is 9.49. The monoisotopic (exact) mass is 447 g/mol. The third kappa shape index (κ3) is 4.29. The molecular weight excluding hydrogens is 437 g/mol. The zero-order valence-electron chi connectivity index (χ0n) is 14.4. The van der Waals surface area contributed by atoms with E-state index in [9.17, 15) is 9.90 Å². The first-order chi connectivity index (χ1) is 14.0. The largest absolute Gasteiger partial charge is 0.506 e. The lowest BCUT2D eigenvalue weighted by atomic mass is 10.2. The van der Waals surface area contributed by atoms with Crippen molar-refractivity contribution in [2.45, 2.75) is 0 Å². The van der Waals surface area contributed by atoms with Crippen molar-refractivity contribution in [3.63, 3.8) is 0 Å². The third-order valence-electron chi connectivity index (χ3n) is 3.71. The van der Waals surface area contributed by atoms with Crippen LogP contribution in [0.4, 0.5) is 15.6 Å². The molecule has 4 aromatic rings. The van der Waals surface area contributed by atoms with Crippen molar-refractivity contribution in [2.75, 3.05) is 10.6 Å². The van der Waals surface area contributed by atoms with Crippen LogP contribution in [-0.2, 0) is 0 Å². The Morgan fingerprint density at radius 1 is 1.10 bits per heavy atom. The number of carbonyl (C=O) groups is 1. The maximum absolute atomic E-state index is 12.2. The van der Waals surface area contributed by atoms with Gasteiger partial charge in [0, 0.05) is 10.7 Å². The maximum Gasteiger partial charge on any atom is 0.325 e. The lowest BCUT2D eigenvalue weighted by Crippen LogP contribution is -2.19. The van der Waals surface area contributed by atoms with Crippen LogP contribution in [-0.4, -0.2) is 36.1 Å². The molecule has 146 valence electrons. The summed E-state index contributed by atoms with van der Waals surface area (Å²) in [6.45, 7) is 0. The van der Waals surface area contributed by atoms with Crippen LogP contribution in [0, 0.1) is 0 Å². The predicted octanol–water partition coefficient (Wildman–Crippen LogP) is 4.44. The predicted molar refractivity (Wildman–Crippen MR) is 111 cm³/mol. The van der Waals surface area contributed by atoms with Crippen LogP contribution in [0.5, 0.6) is 5.75 Å². The zero-order valence-corrected chi connectivity index (χ0v) is 16.7. The highest BCUT2D eigenvalue weighted by Gasteiger charge is 2.16. The van der Waals surface area contributed by atoms with Crippen LogP contribution in [0.15, 0.2) is 49.1 Å². The fourth-order valence-electron chi connectivity index (χ4n) is 2.41. The molecular formula is C17H11Cl2N7O2S. The van der Waals surface area contributed by atoms with Gasteiger partial charge in [-0.1, -0.05) is 34.5 Å². The van der Waals surface area contributed by atoms with Gasteiger partial charge in [0.1, 0.15) is 18.4 Å². The molecule has 2 heterocycles. The van der Waals surface area contributed by atoms with Crippen molar-refractivity contribution in [1.82, 2.24) is 25.0 Å². The first-order valence-electron chi connectivity index (χ1n) is 8.04. The van der Waals surface area contributed by atoms with Crippen molar-refractivity contribution >= 4 is 51.4 Å². The number of aromatic nitrogens is 5. The molecule has 2 aromatic heterocycles. The Kier molecular flexibility index (Phi) is 5.30. The SMILES string of the molecule is O=C(Nc1ccc(-n2cncn2)cc1)Nc1nnc(-c2cc(Cl)cc(Cl)c2O)s1. The van der Waals surface area contributed by atoms with Gasteiger partial charge in [-0.3, -0.25) is 5.32 Å². The highest BCUT2D eigenvalue weighted by atomic mass is 35.5. The van der Waals surface area contributed by atoms with Crippen molar-refractivity contribution in [2.24, 2.45) is 0 Å². The molecule has 0 bridgehead atoms. The van der Waals surface area contributed by atoms with E-state index in [0.717, 1.165) is 17.0 Å². The van der Waals surface area contributed by atoms with Gasteiger partial charge in [-0.2, -0.15) is 5.10 Å². The zero-order chi connectivity index (χ0) is 20.4. The van der Waals surface area contributed by atoms with Crippen LogP contribution in [0.2, 0.25) is 10.0 Å². The molecule has 12 heteroatoms. The number of carbonyl (C=O) groups excluding carboxylic acids is 1. The highest BCUT2D eigenvalue weighted by molar-refractivity contribution is 7.18. The number of aromatic hydroxyl groups is 1. The fraction of sp³-hybridized carbons (Fsp3) is 0. The number of nitrogens with zero attached hydrogens (tertiary/aromatic N) is 5. The molecule has 0 aliphatic rings. The summed E-state index contributed by atoms with van der Waals surface area (Å²) in [6.07, 6.45) is 3.01. The molecule has 0 aliphatic carbocycles. The normalized spacial score (nSPS) is 10.7. The molecule has 2 aromatic carbocycles. The molecule has 0 fully saturated rings. The molecule has 0 unspecified atom stereocenters. The van der Waals surface area contributed by atoms with E-state index in [-0.39, 0.29) is 15.9 Å². The molecule has 0 spiro atoms. The number of phenolic OH excluding ortho intramolecular Hbond substituents is 1. The summed E-state index contributed by atoms with van der Waals surface area (Å²) in [5.74, 6) is -0.157. The lowest BCUT2D eigenvalue weighted by Gasteiger charge is -2.06. The van der Waals surface area contributed by atoms with Gasteiger partial charge >= 0.3 is 6.03 Å². The van der Waals surface area contributed by atoms with E-state index in [0.29, 0.717) is 21.3 Å². The number of benzene rings is 2. The van der Waals surface area contributed by atoms with Gasteiger partial charge in [-0.25, -0.2) is 14.5 Å². The second kappa shape index (κ2) is 8.03. The average Bonchev–Trinajstić information content (AvgIpc) is 3.37. The first kappa shape index (κ1) is 19.1. The summed E-state index contributed by atoms with van der Waals surface area (Å²) in [5, 5.41) is 28.3. The molecule has 2 amide bonds. The van der Waals surface area contributed by atoms with Crippen molar-refractivity contribution in [3.8, 4) is 22.0 Å². The van der Waals surface area contributed by atoms with Gasteiger partial charge in [0.2, 0.25) is 5.13 Å². The van der Waals surface area contributed by atoms with Gasteiger partial charge < -0.3 is 10.4 Å². The van der Waals surface area contributed by atoms with E-state index in [4.69, 9.17) is 23.2 Å². The van der Waals surface area contributed by atoms with Crippen molar-refractivity contribution in [3.05, 3.63) is 59.1 Å². The number of hydrogen-bond acceptors (Lipinski definition) is 7. The average molecular weight is 448 g/mol. The van der Waals surface area contributed by atoms with Crippen LogP contribution in [0.3, 0.4) is 0 Å². The molecule has 0 saturated heterocycles. The van der Waals surface area contributed by atoms with Crippen LogP contribution < -0.4 is 10.6 Å². The van der Waals surface area contributed by atoms with Crippen LogP contribution >= 0.6 is 34.5 Å². The minimum Gasteiger partial charge on any atom is -0.506 e. The van der Waals surface area contributed by atoms with Gasteiger partial charge in [0.15, 0.2) is 5.01 Å². The second-order valence-corrected chi connectivity index (χ2v) is 7.48. The van der Waals surface area contributed by atoms with E-state index in [1.165, 1.54) is 18.5 Å². The number of amides is 2. The van der Waals surface area contributed by atoms with Gasteiger partial charge in [0.05, 0.1) is 16.3 Å². The second-order valence-electron chi connectivity index (χ2n) is 5.66. The molecule has 29 heavy (non-hydrogen) atoms. The summed E-state index contributed by atoms with van der Waals surface area (Å²) < 4.78 is 1.60. The Hall–Kier alpha value is -3.21. The van der Waals surface area contributed by atoms with Gasteiger partial charge in [0.25, 0.3) is 0 Å². The Morgan fingerprint density at radius 2 is 1.90 bits per heavy atom. The van der Waals surface area contributed by atoms with E-state index >= 15 is 0 Å². The number of hydrogen-bond donors (Lipinski definition) is 3. The van der Waals surface area contributed by atoms with Crippen LogP contribution in [0.1, 0.15) is 0 Å². The fourth-order valence-corrected chi connectivity index (χ4v) is 3.66. The Morgan fingerprint density at radius 3 is 2.62 bits per heavy atom. The number of anilines is 2.